The van der Waals surface area contributed by atoms with Gasteiger partial charge in [0.15, 0.2) is 11.6 Å². The molecule has 170 valence electrons. The molecule has 0 fully saturated rings. The van der Waals surface area contributed by atoms with Crippen LogP contribution >= 0.6 is 0 Å². The van der Waals surface area contributed by atoms with E-state index in [1.54, 1.807) is 24.3 Å². The normalized spacial score (nSPS) is 12.1. The second-order valence-corrected chi connectivity index (χ2v) is 7.25. The van der Waals surface area contributed by atoms with Gasteiger partial charge in [-0.15, -0.1) is 0 Å². The van der Waals surface area contributed by atoms with Crippen LogP contribution in [0.4, 0.5) is 29.6 Å². The van der Waals surface area contributed by atoms with Crippen LogP contribution in [0.2, 0.25) is 0 Å². The number of fused-ring (bicyclic) bond motifs is 1. The molecule has 0 aliphatic heterocycles. The number of amides is 1. The van der Waals surface area contributed by atoms with Gasteiger partial charge in [0.1, 0.15) is 17.5 Å². The minimum atomic E-state index is -1.29. The highest BCUT2D eigenvalue weighted by molar-refractivity contribution is 5.83. The van der Waals surface area contributed by atoms with Crippen molar-refractivity contribution in [1.29, 1.82) is 0 Å². The average molecular weight is 457 g/mol. The maximum atomic E-state index is 14.2. The summed E-state index contributed by atoms with van der Waals surface area (Å²) in [6, 6.07) is 7.58. The van der Waals surface area contributed by atoms with Crippen molar-refractivity contribution in [2.75, 3.05) is 11.5 Å². The zero-order valence-corrected chi connectivity index (χ0v) is 17.2. The first-order valence-electron chi connectivity index (χ1n) is 9.69. The third-order valence-electron chi connectivity index (χ3n) is 5.10. The van der Waals surface area contributed by atoms with Gasteiger partial charge in [0, 0.05) is 17.4 Å². The molecule has 0 saturated carbocycles. The number of halogens is 3. The summed E-state index contributed by atoms with van der Waals surface area (Å²) in [5.41, 5.74) is 12.5. The zero-order valence-electron chi connectivity index (χ0n) is 17.2. The Balaban J connectivity index is 1.82. The Bertz CT molecular complexity index is 1370. The van der Waals surface area contributed by atoms with Gasteiger partial charge >= 0.3 is 6.09 Å². The summed E-state index contributed by atoms with van der Waals surface area (Å²) in [6.07, 6.45) is -1.60. The molecule has 12 heteroatoms. The van der Waals surface area contributed by atoms with Crippen molar-refractivity contribution in [3.8, 4) is 5.95 Å². The van der Waals surface area contributed by atoms with Crippen molar-refractivity contribution >= 4 is 28.6 Å². The van der Waals surface area contributed by atoms with E-state index in [-0.39, 0.29) is 35.3 Å². The zero-order chi connectivity index (χ0) is 23.9. The van der Waals surface area contributed by atoms with E-state index in [1.807, 2.05) is 0 Å². The van der Waals surface area contributed by atoms with E-state index in [9.17, 15) is 18.0 Å². The van der Waals surface area contributed by atoms with E-state index < -0.39 is 35.2 Å². The molecule has 2 aromatic carbocycles. The lowest BCUT2D eigenvalue weighted by atomic mass is 10.1. The Morgan fingerprint density at radius 1 is 1.09 bits per heavy atom. The third kappa shape index (κ3) is 3.97. The van der Waals surface area contributed by atoms with Crippen molar-refractivity contribution in [3.05, 3.63) is 70.7 Å². The fourth-order valence-electron chi connectivity index (χ4n) is 3.60. The van der Waals surface area contributed by atoms with Gasteiger partial charge in [0.05, 0.1) is 22.8 Å². The topological polar surface area (TPSA) is 145 Å². The van der Waals surface area contributed by atoms with E-state index in [0.717, 1.165) is 6.07 Å². The number of carboxylic acid groups (broad SMARTS) is 1. The van der Waals surface area contributed by atoms with Gasteiger partial charge < -0.3 is 21.9 Å². The van der Waals surface area contributed by atoms with Crippen LogP contribution in [0.5, 0.6) is 0 Å². The highest BCUT2D eigenvalue weighted by atomic mass is 19.2. The first-order valence-corrected chi connectivity index (χ1v) is 9.69. The number of aromatic nitrogens is 4. The average Bonchev–Trinajstić information content (AvgIpc) is 3.11. The summed E-state index contributed by atoms with van der Waals surface area (Å²) in [7, 11) is 0. The monoisotopic (exact) mass is 457 g/mol. The Morgan fingerprint density at radius 3 is 2.39 bits per heavy atom. The molecular weight excluding hydrogens is 439 g/mol. The Hall–Kier alpha value is -4.35. The smallest absolute Gasteiger partial charge is 0.405 e. The maximum Gasteiger partial charge on any atom is 0.405 e. The maximum absolute atomic E-state index is 14.2. The molecule has 0 bridgehead atoms. The van der Waals surface area contributed by atoms with Crippen LogP contribution in [-0.2, 0) is 6.42 Å². The molecule has 1 unspecified atom stereocenters. The number of nitrogens with zero attached hydrogens (tertiary/aromatic N) is 4. The van der Waals surface area contributed by atoms with E-state index in [0.29, 0.717) is 17.0 Å². The van der Waals surface area contributed by atoms with E-state index in [2.05, 4.69) is 20.4 Å². The number of rotatable bonds is 5. The number of benzene rings is 2. The minimum absolute atomic E-state index is 0.0288. The molecule has 0 spiro atoms. The number of carbonyl (C=O) groups is 1. The minimum Gasteiger partial charge on any atom is -0.465 e. The molecule has 2 heterocycles. The van der Waals surface area contributed by atoms with Crippen molar-refractivity contribution < 1.29 is 23.1 Å². The van der Waals surface area contributed by atoms with Crippen molar-refractivity contribution in [1.82, 2.24) is 25.1 Å². The van der Waals surface area contributed by atoms with Crippen molar-refractivity contribution in [2.24, 2.45) is 0 Å². The predicted molar refractivity (Wildman–Crippen MR) is 114 cm³/mol. The van der Waals surface area contributed by atoms with Crippen molar-refractivity contribution in [3.63, 3.8) is 0 Å². The molecule has 0 saturated heterocycles. The van der Waals surface area contributed by atoms with Gasteiger partial charge in [-0.25, -0.2) is 18.0 Å². The van der Waals surface area contributed by atoms with E-state index >= 15 is 0 Å². The summed E-state index contributed by atoms with van der Waals surface area (Å²) in [6.45, 7) is 1.53. The van der Waals surface area contributed by atoms with Crippen LogP contribution in [0.25, 0.3) is 16.9 Å². The second-order valence-electron chi connectivity index (χ2n) is 7.25. The van der Waals surface area contributed by atoms with Crippen molar-refractivity contribution in [2.45, 2.75) is 19.4 Å². The van der Waals surface area contributed by atoms with Gasteiger partial charge in [-0.1, -0.05) is 18.2 Å². The summed E-state index contributed by atoms with van der Waals surface area (Å²) in [5.74, 6) is -3.52. The SMILES string of the molecule is CC(NC(=O)O)c1c(N)nc(-n2nc(Cc3c(F)ccc(F)c3F)c3ccccc32)nc1N. The molecule has 4 aromatic rings. The van der Waals surface area contributed by atoms with Crippen LogP contribution in [0, 0.1) is 17.5 Å². The van der Waals surface area contributed by atoms with Crippen LogP contribution in [0.15, 0.2) is 36.4 Å². The second kappa shape index (κ2) is 8.30. The molecule has 9 nitrogen and oxygen atoms in total. The molecule has 0 aliphatic rings. The lowest BCUT2D eigenvalue weighted by molar-refractivity contribution is 0.191. The Morgan fingerprint density at radius 2 is 1.73 bits per heavy atom. The van der Waals surface area contributed by atoms with Crippen LogP contribution in [0.1, 0.15) is 29.8 Å². The Labute approximate surface area is 184 Å². The largest absolute Gasteiger partial charge is 0.465 e. The van der Waals surface area contributed by atoms with Crippen LogP contribution < -0.4 is 16.8 Å². The van der Waals surface area contributed by atoms with Gasteiger partial charge in [0.2, 0.25) is 0 Å². The van der Waals surface area contributed by atoms with Gasteiger partial charge in [-0.05, 0) is 25.1 Å². The number of para-hydroxylation sites is 1. The fraction of sp³-hybridized carbons (Fsp3) is 0.143. The van der Waals surface area contributed by atoms with Crippen LogP contribution in [0.3, 0.4) is 0 Å². The number of anilines is 2. The third-order valence-corrected chi connectivity index (χ3v) is 5.10. The van der Waals surface area contributed by atoms with Crippen LogP contribution in [-0.4, -0.2) is 30.9 Å². The first-order chi connectivity index (χ1) is 15.7. The number of nitrogens with one attached hydrogen (secondary N) is 1. The van der Waals surface area contributed by atoms with Gasteiger partial charge in [0.25, 0.3) is 5.95 Å². The number of nitrogen functional groups attached to an aromatic ring is 2. The molecule has 6 N–H and O–H groups in total. The summed E-state index contributed by atoms with van der Waals surface area (Å²) in [4.78, 5) is 19.3. The molecular formula is C21H18F3N7O2. The molecule has 2 aromatic heterocycles. The molecule has 4 rings (SSSR count). The van der Waals surface area contributed by atoms with E-state index in [4.69, 9.17) is 16.6 Å². The van der Waals surface area contributed by atoms with Gasteiger partial charge in [-0.2, -0.15) is 19.7 Å². The predicted octanol–water partition coefficient (Wildman–Crippen LogP) is 3.32. The number of hydrogen-bond donors (Lipinski definition) is 4. The molecule has 1 atom stereocenters. The van der Waals surface area contributed by atoms with E-state index in [1.165, 1.54) is 11.6 Å². The lowest BCUT2D eigenvalue weighted by Gasteiger charge is -2.16. The molecule has 1 amide bonds. The fourth-order valence-corrected chi connectivity index (χ4v) is 3.60. The standard InChI is InChI=1S/C21H18F3N7O2/c1-9(27-21(32)33)16-18(25)28-20(29-19(16)26)31-15-5-3-2-4-10(15)14(30-31)8-11-12(22)6-7-13(23)17(11)24/h2-7,9,27H,8H2,1H3,(H,32,33)(H4,25,26,28,29). The highest BCUT2D eigenvalue weighted by Gasteiger charge is 2.22. The summed E-state index contributed by atoms with van der Waals surface area (Å²) >= 11 is 0. The molecule has 0 radical (unpaired) electrons. The number of hydrogen-bond acceptors (Lipinski definition) is 6. The van der Waals surface area contributed by atoms with Gasteiger partial charge in [-0.3, -0.25) is 0 Å². The first kappa shape index (κ1) is 21.9. The quantitative estimate of drug-likeness (QED) is 0.336. The molecule has 0 aliphatic carbocycles. The summed E-state index contributed by atoms with van der Waals surface area (Å²) < 4.78 is 43.4. The Kier molecular flexibility index (Phi) is 5.50. The number of nitrogens with two attached hydrogens (primary N) is 2. The molecule has 33 heavy (non-hydrogen) atoms. The summed E-state index contributed by atoms with van der Waals surface area (Å²) in [5, 5.41) is 16.1. The highest BCUT2D eigenvalue weighted by Crippen LogP contribution is 2.28. The lowest BCUT2D eigenvalue weighted by Crippen LogP contribution is -2.27.